The molecule has 0 saturated carbocycles. The van der Waals surface area contributed by atoms with Gasteiger partial charge >= 0.3 is 0 Å². The minimum atomic E-state index is -0.897. The lowest BCUT2D eigenvalue weighted by atomic mass is 9.70. The van der Waals surface area contributed by atoms with E-state index in [1.165, 1.54) is 11.1 Å². The van der Waals surface area contributed by atoms with Crippen LogP contribution in [0.25, 0.3) is 5.57 Å². The Hall–Kier alpha value is -4.47. The van der Waals surface area contributed by atoms with Crippen LogP contribution in [0.3, 0.4) is 0 Å². The Kier molecular flexibility index (Phi) is 12.2. The fourth-order valence-corrected chi connectivity index (χ4v) is 8.44. The zero-order valence-corrected chi connectivity index (χ0v) is 40.5. The average molecular weight is 807 g/mol. The summed E-state index contributed by atoms with van der Waals surface area (Å²) in [5.41, 5.74) is 10.7. The maximum absolute atomic E-state index is 14.3. The minimum Gasteiger partial charge on any atom is -0.507 e. The number of hydrogen-bond donors (Lipinski definition) is 1. The maximum Gasteiger partial charge on any atom is 0.186 e. The van der Waals surface area contributed by atoms with Crippen molar-refractivity contribution in [3.63, 3.8) is 0 Å². The van der Waals surface area contributed by atoms with Crippen LogP contribution < -0.4 is 0 Å². The van der Waals surface area contributed by atoms with E-state index in [0.717, 1.165) is 61.2 Å². The van der Waals surface area contributed by atoms with Crippen LogP contribution in [0, 0.1) is 10.8 Å². The van der Waals surface area contributed by atoms with Crippen molar-refractivity contribution < 1.29 is 14.6 Å². The molecule has 0 bridgehead atoms. The summed E-state index contributed by atoms with van der Waals surface area (Å²) in [5, 5.41) is 11.9. The van der Waals surface area contributed by atoms with Gasteiger partial charge in [-0.3, -0.25) is 4.79 Å². The molecule has 3 nitrogen and oxygen atoms in total. The van der Waals surface area contributed by atoms with Crippen molar-refractivity contribution >= 4 is 11.4 Å². The van der Waals surface area contributed by atoms with E-state index in [-0.39, 0.29) is 38.3 Å². The smallest absolute Gasteiger partial charge is 0.186 e. The molecule has 0 aromatic heterocycles. The highest BCUT2D eigenvalue weighted by Crippen LogP contribution is 2.47. The second-order valence-electron chi connectivity index (χ2n) is 23.3. The van der Waals surface area contributed by atoms with E-state index in [0.29, 0.717) is 5.75 Å². The molecule has 320 valence electrons. The molecule has 0 saturated heterocycles. The summed E-state index contributed by atoms with van der Waals surface area (Å²) in [4.78, 5) is 14.3. The van der Waals surface area contributed by atoms with Crippen molar-refractivity contribution in [3.8, 4) is 5.75 Å². The van der Waals surface area contributed by atoms with Crippen LogP contribution >= 0.6 is 0 Å². The third-order valence-electron chi connectivity index (χ3n) is 12.2. The molecular formula is C57H74O3. The standard InChI is InChI=1S/C57H74O3/c1-51(2,3)39-24-28-42(29-25-39)57(60-19,43-30-26-40(27-31-43)52(4,5)6)41-22-20-36(21-23-41)48(37-32-44(53(7,8)9)49(58)45(33-37)54(10,11)12)38-34-46(55(13,14)15)50(59)47(35-38)56(16,17)18/h20-35,58H,1-19H3. The molecule has 0 spiro atoms. The number of hydrogen-bond acceptors (Lipinski definition) is 3. The monoisotopic (exact) mass is 807 g/mol. The van der Waals surface area contributed by atoms with Gasteiger partial charge in [-0.25, -0.2) is 0 Å². The second-order valence-corrected chi connectivity index (χ2v) is 23.3. The van der Waals surface area contributed by atoms with Crippen molar-refractivity contribution in [1.82, 2.24) is 0 Å². The first-order chi connectivity index (χ1) is 27.3. The molecule has 0 atom stereocenters. The molecule has 0 heterocycles. The van der Waals surface area contributed by atoms with Gasteiger partial charge in [-0.1, -0.05) is 197 Å². The largest absolute Gasteiger partial charge is 0.507 e. The number of ether oxygens (including phenoxy) is 1. The highest BCUT2D eigenvalue weighted by molar-refractivity contribution is 6.12. The molecule has 0 unspecified atom stereocenters. The van der Waals surface area contributed by atoms with E-state index >= 15 is 0 Å². The van der Waals surface area contributed by atoms with Crippen LogP contribution in [0.4, 0.5) is 0 Å². The van der Waals surface area contributed by atoms with E-state index in [4.69, 9.17) is 4.74 Å². The van der Waals surface area contributed by atoms with Gasteiger partial charge in [-0.05, 0) is 107 Å². The summed E-state index contributed by atoms with van der Waals surface area (Å²) in [6.07, 6.45) is 4.24. The fourth-order valence-electron chi connectivity index (χ4n) is 8.44. The number of benzene rings is 4. The Labute approximate surface area is 364 Å². The number of ketones is 1. The van der Waals surface area contributed by atoms with Crippen molar-refractivity contribution in [1.29, 1.82) is 0 Å². The molecule has 0 radical (unpaired) electrons. The lowest BCUT2D eigenvalue weighted by Crippen LogP contribution is -2.32. The second kappa shape index (κ2) is 15.8. The lowest BCUT2D eigenvalue weighted by molar-refractivity contribution is -0.114. The molecule has 1 N–H and O–H groups in total. The van der Waals surface area contributed by atoms with Crippen LogP contribution in [0.5, 0.6) is 5.75 Å². The van der Waals surface area contributed by atoms with Gasteiger partial charge in [-0.15, -0.1) is 0 Å². The van der Waals surface area contributed by atoms with Gasteiger partial charge in [0.15, 0.2) is 5.78 Å². The number of phenolic OH excluding ortho intramolecular Hbond substituents is 1. The Balaban J connectivity index is 1.90. The molecular weight excluding hydrogens is 733 g/mol. The fraction of sp³-hybridized carbons (Fsp3) is 0.456. The molecule has 4 aromatic carbocycles. The molecule has 0 fully saturated rings. The van der Waals surface area contributed by atoms with Gasteiger partial charge < -0.3 is 9.84 Å². The molecule has 0 aliphatic heterocycles. The summed E-state index contributed by atoms with van der Waals surface area (Å²) in [7, 11) is 1.81. The van der Waals surface area contributed by atoms with Gasteiger partial charge in [-0.2, -0.15) is 0 Å². The Morgan fingerprint density at radius 2 is 0.750 bits per heavy atom. The number of Topliss-reactive ketones (excluding diaryl/α,β-unsaturated/α-hetero) is 1. The number of methoxy groups -OCH3 is 1. The number of aromatic hydroxyl groups is 1. The Morgan fingerprint density at radius 1 is 0.433 bits per heavy atom. The molecule has 4 aromatic rings. The van der Waals surface area contributed by atoms with Crippen LogP contribution in [0.1, 0.15) is 175 Å². The predicted octanol–water partition coefficient (Wildman–Crippen LogP) is 14.9. The SMILES string of the molecule is COC(c1ccc(C(=C2C=C(C(C)(C)C)C(=O)C(C(C)(C)C)=C2)c2cc(C(C)(C)C)c(O)c(C(C)(C)C)c2)cc1)(c1ccc(C(C)(C)C)cc1)c1ccc(C(C)(C)C)cc1. The minimum absolute atomic E-state index is 0.00837. The van der Waals surface area contributed by atoms with Gasteiger partial charge in [0.05, 0.1) is 0 Å². The first-order valence-electron chi connectivity index (χ1n) is 21.8. The lowest BCUT2D eigenvalue weighted by Gasteiger charge is -2.36. The predicted molar refractivity (Wildman–Crippen MR) is 255 cm³/mol. The van der Waals surface area contributed by atoms with Gasteiger partial charge in [0.1, 0.15) is 11.4 Å². The highest BCUT2D eigenvalue weighted by atomic mass is 16.5. The van der Waals surface area contributed by atoms with Gasteiger partial charge in [0.25, 0.3) is 0 Å². The van der Waals surface area contributed by atoms with E-state index in [9.17, 15) is 9.90 Å². The summed E-state index contributed by atoms with van der Waals surface area (Å²) in [6, 6.07) is 31.0. The maximum atomic E-state index is 14.3. The van der Waals surface area contributed by atoms with Crippen molar-refractivity contribution in [2.45, 2.75) is 152 Å². The van der Waals surface area contributed by atoms with Crippen LogP contribution in [-0.4, -0.2) is 18.0 Å². The normalized spacial score (nSPS) is 14.9. The number of phenols is 1. The summed E-state index contributed by atoms with van der Waals surface area (Å²) >= 11 is 0. The van der Waals surface area contributed by atoms with Crippen LogP contribution in [0.2, 0.25) is 0 Å². The van der Waals surface area contributed by atoms with E-state index in [1.807, 2.05) is 7.11 Å². The summed E-state index contributed by atoms with van der Waals surface area (Å²) in [5.74, 6) is 0.443. The first kappa shape index (κ1) is 46.6. The summed E-state index contributed by atoms with van der Waals surface area (Å²) in [6.45, 7) is 39.1. The van der Waals surface area contributed by atoms with Gasteiger partial charge in [0, 0.05) is 29.4 Å². The van der Waals surface area contributed by atoms with E-state index < -0.39 is 5.60 Å². The average Bonchev–Trinajstić information content (AvgIpc) is 3.11. The first-order valence-corrected chi connectivity index (χ1v) is 21.8. The number of rotatable bonds is 6. The summed E-state index contributed by atoms with van der Waals surface area (Å²) < 4.78 is 6.79. The Bertz CT molecular complexity index is 2190. The van der Waals surface area contributed by atoms with Gasteiger partial charge in [0.2, 0.25) is 0 Å². The van der Waals surface area contributed by atoms with E-state index in [2.05, 4.69) is 222 Å². The molecule has 60 heavy (non-hydrogen) atoms. The Morgan fingerprint density at radius 3 is 1.03 bits per heavy atom. The number of carbonyl (C=O) groups is 1. The van der Waals surface area contributed by atoms with E-state index in [1.54, 1.807) is 0 Å². The zero-order chi connectivity index (χ0) is 45.2. The molecule has 0 amide bonds. The third-order valence-corrected chi connectivity index (χ3v) is 12.2. The third kappa shape index (κ3) is 9.23. The molecule has 3 heteroatoms. The van der Waals surface area contributed by atoms with Crippen molar-refractivity contribution in [2.75, 3.05) is 7.11 Å². The number of allylic oxidation sites excluding steroid dienone is 5. The van der Waals surface area contributed by atoms with Crippen molar-refractivity contribution in [3.05, 3.63) is 164 Å². The quantitative estimate of drug-likeness (QED) is 0.197. The van der Waals surface area contributed by atoms with Crippen LogP contribution in [0.15, 0.2) is 114 Å². The van der Waals surface area contributed by atoms with Crippen molar-refractivity contribution in [2.24, 2.45) is 10.8 Å². The van der Waals surface area contributed by atoms with Crippen LogP contribution in [-0.2, 0) is 36.8 Å². The topological polar surface area (TPSA) is 46.5 Å². The molecule has 5 rings (SSSR count). The zero-order valence-electron chi connectivity index (χ0n) is 40.5. The molecule has 1 aliphatic rings. The number of carbonyl (C=O) groups excluding carboxylic acids is 1. The highest BCUT2D eigenvalue weighted by Gasteiger charge is 2.39. The molecule has 1 aliphatic carbocycles.